The van der Waals surface area contributed by atoms with Crippen molar-refractivity contribution in [3.05, 3.63) is 66.2 Å². The molecule has 0 radical (unpaired) electrons. The molecule has 4 heteroatoms. The van der Waals surface area contributed by atoms with Crippen LogP contribution in [0.15, 0.2) is 54.9 Å². The zero-order chi connectivity index (χ0) is 12.9. The first kappa shape index (κ1) is 11.6. The molecule has 0 amide bonds. The van der Waals surface area contributed by atoms with E-state index in [9.17, 15) is 0 Å². The highest BCUT2D eigenvalue weighted by molar-refractivity contribution is 5.52. The maximum absolute atomic E-state index is 4.49. The smallest absolute Gasteiger partial charge is 0.157 e. The van der Waals surface area contributed by atoms with Crippen LogP contribution in [0.25, 0.3) is 11.4 Å². The van der Waals surface area contributed by atoms with Gasteiger partial charge in [0, 0.05) is 24.4 Å². The molecule has 2 aromatic heterocycles. The molecule has 1 aromatic carbocycles. The summed E-state index contributed by atoms with van der Waals surface area (Å²) in [4.78, 5) is 8.57. The summed E-state index contributed by atoms with van der Waals surface area (Å²) in [6.45, 7) is 0. The first-order chi connectivity index (χ1) is 9.42. The molecule has 19 heavy (non-hydrogen) atoms. The molecule has 0 spiro atoms. The number of rotatable bonds is 4. The van der Waals surface area contributed by atoms with Crippen LogP contribution in [0.2, 0.25) is 0 Å². The first-order valence-electron chi connectivity index (χ1n) is 6.27. The zero-order valence-electron chi connectivity index (χ0n) is 10.5. The second kappa shape index (κ2) is 5.44. The summed E-state index contributed by atoms with van der Waals surface area (Å²) in [5, 5.41) is 7.20. The van der Waals surface area contributed by atoms with Gasteiger partial charge in [0.15, 0.2) is 11.6 Å². The average molecular weight is 250 g/mol. The van der Waals surface area contributed by atoms with Crippen LogP contribution in [-0.4, -0.2) is 20.2 Å². The summed E-state index contributed by atoms with van der Waals surface area (Å²) >= 11 is 0. The van der Waals surface area contributed by atoms with Gasteiger partial charge >= 0.3 is 0 Å². The van der Waals surface area contributed by atoms with Crippen LogP contribution in [-0.2, 0) is 12.8 Å². The molecule has 0 atom stereocenters. The second-order valence-electron chi connectivity index (χ2n) is 4.33. The van der Waals surface area contributed by atoms with Crippen molar-refractivity contribution >= 4 is 0 Å². The van der Waals surface area contributed by atoms with E-state index >= 15 is 0 Å². The van der Waals surface area contributed by atoms with E-state index in [4.69, 9.17) is 0 Å². The van der Waals surface area contributed by atoms with Crippen LogP contribution < -0.4 is 0 Å². The van der Waals surface area contributed by atoms with Crippen LogP contribution >= 0.6 is 0 Å². The highest BCUT2D eigenvalue weighted by Gasteiger charge is 2.05. The maximum Gasteiger partial charge on any atom is 0.157 e. The normalized spacial score (nSPS) is 10.5. The Labute approximate surface area is 111 Å². The van der Waals surface area contributed by atoms with Crippen molar-refractivity contribution in [3.8, 4) is 11.4 Å². The van der Waals surface area contributed by atoms with Crippen LogP contribution in [0.4, 0.5) is 0 Å². The second-order valence-corrected chi connectivity index (χ2v) is 4.33. The lowest BCUT2D eigenvalue weighted by Gasteiger charge is -1.97. The van der Waals surface area contributed by atoms with Gasteiger partial charge in [0.05, 0.1) is 0 Å². The molecule has 2 heterocycles. The van der Waals surface area contributed by atoms with Crippen molar-refractivity contribution in [1.82, 2.24) is 20.2 Å². The predicted molar refractivity (Wildman–Crippen MR) is 73.5 cm³/mol. The lowest BCUT2D eigenvalue weighted by molar-refractivity contribution is 0.865. The minimum atomic E-state index is 0.774. The number of aryl methyl sites for hydroxylation is 2. The Balaban J connectivity index is 1.69. The number of hydrogen-bond acceptors (Lipinski definition) is 3. The van der Waals surface area contributed by atoms with Crippen molar-refractivity contribution in [2.24, 2.45) is 0 Å². The molecule has 3 rings (SSSR count). The Morgan fingerprint density at radius 2 is 1.84 bits per heavy atom. The minimum Gasteiger partial charge on any atom is -0.264 e. The number of H-pyrrole nitrogens is 1. The van der Waals surface area contributed by atoms with E-state index in [1.165, 1.54) is 5.56 Å². The highest BCUT2D eigenvalue weighted by atomic mass is 15.2. The third-order valence-corrected chi connectivity index (χ3v) is 2.95. The van der Waals surface area contributed by atoms with Gasteiger partial charge in [0.25, 0.3) is 0 Å². The van der Waals surface area contributed by atoms with Crippen LogP contribution in [0, 0.1) is 0 Å². The summed E-state index contributed by atoms with van der Waals surface area (Å²) < 4.78 is 0. The molecule has 0 aliphatic carbocycles. The van der Waals surface area contributed by atoms with E-state index < -0.39 is 0 Å². The lowest BCUT2D eigenvalue weighted by atomic mass is 10.1. The Morgan fingerprint density at radius 1 is 0.947 bits per heavy atom. The van der Waals surface area contributed by atoms with Gasteiger partial charge in [-0.3, -0.25) is 10.1 Å². The van der Waals surface area contributed by atoms with Gasteiger partial charge in [-0.25, -0.2) is 4.98 Å². The Hall–Kier alpha value is -2.49. The van der Waals surface area contributed by atoms with E-state index in [0.717, 1.165) is 30.1 Å². The Kier molecular flexibility index (Phi) is 3.32. The fourth-order valence-electron chi connectivity index (χ4n) is 1.94. The molecule has 0 aliphatic heterocycles. The van der Waals surface area contributed by atoms with Gasteiger partial charge in [0.1, 0.15) is 0 Å². The van der Waals surface area contributed by atoms with Crippen molar-refractivity contribution in [3.63, 3.8) is 0 Å². The Bertz CT molecular complexity index is 632. The van der Waals surface area contributed by atoms with Crippen LogP contribution in [0.5, 0.6) is 0 Å². The highest BCUT2D eigenvalue weighted by Crippen LogP contribution is 2.12. The number of pyridine rings is 1. The summed E-state index contributed by atoms with van der Waals surface area (Å²) in [5.74, 6) is 1.61. The summed E-state index contributed by atoms with van der Waals surface area (Å²) in [6.07, 6.45) is 5.31. The molecule has 0 aliphatic rings. The summed E-state index contributed by atoms with van der Waals surface area (Å²) in [5.41, 5.74) is 2.26. The average Bonchev–Trinajstić information content (AvgIpc) is 2.96. The number of aromatic nitrogens is 4. The number of aromatic amines is 1. The first-order valence-corrected chi connectivity index (χ1v) is 6.27. The van der Waals surface area contributed by atoms with Crippen molar-refractivity contribution in [2.45, 2.75) is 12.8 Å². The van der Waals surface area contributed by atoms with Gasteiger partial charge in [0.2, 0.25) is 0 Å². The number of benzene rings is 1. The monoisotopic (exact) mass is 250 g/mol. The van der Waals surface area contributed by atoms with Crippen molar-refractivity contribution < 1.29 is 0 Å². The van der Waals surface area contributed by atoms with Crippen LogP contribution in [0.1, 0.15) is 11.4 Å². The molecule has 4 nitrogen and oxygen atoms in total. The van der Waals surface area contributed by atoms with Gasteiger partial charge < -0.3 is 0 Å². The third-order valence-electron chi connectivity index (χ3n) is 2.95. The number of hydrogen-bond donors (Lipinski definition) is 1. The number of nitrogens with zero attached hydrogens (tertiary/aromatic N) is 3. The van der Waals surface area contributed by atoms with Gasteiger partial charge in [-0.2, -0.15) is 5.10 Å². The van der Waals surface area contributed by atoms with Crippen molar-refractivity contribution in [1.29, 1.82) is 0 Å². The van der Waals surface area contributed by atoms with E-state index in [-0.39, 0.29) is 0 Å². The largest absolute Gasteiger partial charge is 0.264 e. The topological polar surface area (TPSA) is 54.5 Å². The van der Waals surface area contributed by atoms with Gasteiger partial charge in [-0.15, -0.1) is 0 Å². The third kappa shape index (κ3) is 2.85. The molecule has 0 unspecified atom stereocenters. The summed E-state index contributed by atoms with van der Waals surface area (Å²) in [7, 11) is 0. The molecule has 0 bridgehead atoms. The lowest BCUT2D eigenvalue weighted by Crippen LogP contribution is -1.93. The van der Waals surface area contributed by atoms with Gasteiger partial charge in [-0.05, 0) is 24.1 Å². The molecule has 0 fully saturated rings. The maximum atomic E-state index is 4.49. The fourth-order valence-corrected chi connectivity index (χ4v) is 1.94. The predicted octanol–water partition coefficient (Wildman–Crippen LogP) is 2.65. The van der Waals surface area contributed by atoms with Crippen molar-refractivity contribution in [2.75, 3.05) is 0 Å². The Morgan fingerprint density at radius 3 is 2.63 bits per heavy atom. The van der Waals surface area contributed by atoms with E-state index in [2.05, 4.69) is 32.3 Å². The molecule has 3 aromatic rings. The number of nitrogens with one attached hydrogen (secondary N) is 1. The fraction of sp³-hybridized carbons (Fsp3) is 0.133. The summed E-state index contributed by atoms with van der Waals surface area (Å²) in [6, 6.07) is 14.2. The molecule has 94 valence electrons. The van der Waals surface area contributed by atoms with E-state index in [1.54, 1.807) is 12.4 Å². The van der Waals surface area contributed by atoms with Crippen LogP contribution in [0.3, 0.4) is 0 Å². The standard InChI is InChI=1S/C15H14N4/c1-2-5-12(6-3-1)8-9-14-17-15(19-18-14)13-7-4-10-16-11-13/h1-7,10-11H,8-9H2,(H,17,18,19). The van der Waals surface area contributed by atoms with E-state index in [1.807, 2.05) is 30.3 Å². The van der Waals surface area contributed by atoms with E-state index in [0.29, 0.717) is 0 Å². The molecular formula is C15H14N4. The quantitative estimate of drug-likeness (QED) is 0.774. The van der Waals surface area contributed by atoms with Gasteiger partial charge in [-0.1, -0.05) is 30.3 Å². The minimum absolute atomic E-state index is 0.774. The molecule has 1 N–H and O–H groups in total. The SMILES string of the molecule is c1ccc(CCc2n[nH]c(-c3cccnc3)n2)cc1. The molecule has 0 saturated heterocycles. The molecule has 0 saturated carbocycles. The zero-order valence-corrected chi connectivity index (χ0v) is 10.5. The molecular weight excluding hydrogens is 236 g/mol.